The molecule has 6 nitrogen and oxygen atoms in total. The van der Waals surface area contributed by atoms with Crippen LogP contribution in [0.4, 0.5) is 0 Å². The summed E-state index contributed by atoms with van der Waals surface area (Å²) in [6, 6.07) is 10.2. The molecule has 0 amide bonds. The van der Waals surface area contributed by atoms with Gasteiger partial charge in [0.15, 0.2) is 0 Å². The van der Waals surface area contributed by atoms with Crippen molar-refractivity contribution in [1.29, 1.82) is 0 Å². The van der Waals surface area contributed by atoms with Crippen molar-refractivity contribution in [2.24, 2.45) is 0 Å². The first-order valence-corrected chi connectivity index (χ1v) is 11.9. The van der Waals surface area contributed by atoms with E-state index in [-0.39, 0.29) is 15.8 Å². The van der Waals surface area contributed by atoms with E-state index < -0.39 is 10.0 Å². The maximum atomic E-state index is 13.0. The third-order valence-corrected chi connectivity index (χ3v) is 7.34. The van der Waals surface area contributed by atoms with Crippen LogP contribution in [-0.2, 0) is 16.6 Å². The molecule has 29 heavy (non-hydrogen) atoms. The molecule has 0 fully saturated rings. The number of benzene rings is 2. The molecule has 8 heteroatoms. The van der Waals surface area contributed by atoms with E-state index in [1.807, 2.05) is 39.0 Å². The summed E-state index contributed by atoms with van der Waals surface area (Å²) in [6.07, 6.45) is 1.44. The molecule has 1 aromatic heterocycles. The van der Waals surface area contributed by atoms with Gasteiger partial charge in [0.1, 0.15) is 5.75 Å². The van der Waals surface area contributed by atoms with Gasteiger partial charge in [0, 0.05) is 12.6 Å². The Kier molecular flexibility index (Phi) is 6.45. The number of hydrogen-bond donors (Lipinski definition) is 1. The topological polar surface area (TPSA) is 77.4 Å². The number of thiazole rings is 1. The van der Waals surface area contributed by atoms with Crippen LogP contribution in [0.25, 0.3) is 10.2 Å². The van der Waals surface area contributed by atoms with Gasteiger partial charge in [0.25, 0.3) is 0 Å². The Balaban J connectivity index is 1.93. The van der Waals surface area contributed by atoms with Crippen LogP contribution >= 0.6 is 11.3 Å². The number of methoxy groups -OCH3 is 1. The first-order chi connectivity index (χ1) is 13.8. The van der Waals surface area contributed by atoms with Crippen LogP contribution < -0.4 is 14.3 Å². The highest BCUT2D eigenvalue weighted by Crippen LogP contribution is 2.27. The number of hydrogen-bond acceptors (Lipinski definition) is 5. The molecular weight excluding hydrogens is 408 g/mol. The van der Waals surface area contributed by atoms with Crippen molar-refractivity contribution in [1.82, 2.24) is 9.29 Å². The monoisotopic (exact) mass is 434 g/mol. The van der Waals surface area contributed by atoms with E-state index in [4.69, 9.17) is 4.74 Å². The average molecular weight is 435 g/mol. The molecule has 156 valence electrons. The van der Waals surface area contributed by atoms with Crippen molar-refractivity contribution in [3.63, 3.8) is 0 Å². The molecule has 0 saturated carbocycles. The largest absolute Gasteiger partial charge is 0.496 e. The van der Waals surface area contributed by atoms with Crippen molar-refractivity contribution in [3.05, 3.63) is 57.2 Å². The summed E-state index contributed by atoms with van der Waals surface area (Å²) in [5, 5.41) is 0. The Labute approximate surface area is 175 Å². The fourth-order valence-corrected chi connectivity index (χ4v) is 5.77. The van der Waals surface area contributed by atoms with E-state index in [0.29, 0.717) is 17.7 Å². The van der Waals surface area contributed by atoms with Gasteiger partial charge >= 0.3 is 4.87 Å². The number of ether oxygens (including phenoxy) is 1. The zero-order chi connectivity index (χ0) is 21.2. The first-order valence-electron chi connectivity index (χ1n) is 9.61. The minimum atomic E-state index is -3.74. The molecule has 0 radical (unpaired) electrons. The van der Waals surface area contributed by atoms with Crippen LogP contribution in [-0.4, -0.2) is 20.1 Å². The fraction of sp³-hybridized carbons (Fsp3) is 0.381. The molecule has 0 spiro atoms. The standard InChI is InChI=1S/C21H26N2O4S2/c1-5-11-23-18-9-8-16(13-20(18)28-21(23)24)29(25,26)22-17(6-2)15-7-10-19(27-4)14(3)12-15/h7-10,12-13,17,22H,5-6,11H2,1-4H3/t17-/m0/s1. The normalized spacial score (nSPS) is 13.0. The second kappa shape index (κ2) is 8.69. The van der Waals surface area contributed by atoms with Crippen LogP contribution in [0, 0.1) is 6.92 Å². The summed E-state index contributed by atoms with van der Waals surface area (Å²) >= 11 is 1.08. The number of sulfonamides is 1. The van der Waals surface area contributed by atoms with Crippen molar-refractivity contribution in [3.8, 4) is 5.75 Å². The molecule has 3 aromatic rings. The van der Waals surface area contributed by atoms with E-state index in [2.05, 4.69) is 4.72 Å². The second-order valence-corrected chi connectivity index (χ2v) is 9.67. The minimum absolute atomic E-state index is 0.0653. The van der Waals surface area contributed by atoms with Gasteiger partial charge < -0.3 is 4.74 Å². The maximum absolute atomic E-state index is 13.0. The lowest BCUT2D eigenvalue weighted by atomic mass is 10.0. The van der Waals surface area contributed by atoms with Gasteiger partial charge in [-0.05, 0) is 55.2 Å². The molecule has 0 bridgehead atoms. The van der Waals surface area contributed by atoms with Gasteiger partial charge in [-0.25, -0.2) is 13.1 Å². The highest BCUT2D eigenvalue weighted by atomic mass is 32.2. The lowest BCUT2D eigenvalue weighted by molar-refractivity contribution is 0.411. The fourth-order valence-electron chi connectivity index (χ4n) is 3.41. The van der Waals surface area contributed by atoms with Crippen molar-refractivity contribution in [2.75, 3.05) is 7.11 Å². The number of aryl methyl sites for hydroxylation is 2. The highest BCUT2D eigenvalue weighted by molar-refractivity contribution is 7.89. The molecule has 0 aliphatic carbocycles. The molecule has 1 atom stereocenters. The lowest BCUT2D eigenvalue weighted by Gasteiger charge is -2.19. The van der Waals surface area contributed by atoms with E-state index in [1.165, 1.54) is 0 Å². The summed E-state index contributed by atoms with van der Waals surface area (Å²) in [6.45, 7) is 6.50. The number of aromatic nitrogens is 1. The Morgan fingerprint density at radius 3 is 2.55 bits per heavy atom. The van der Waals surface area contributed by atoms with Crippen LogP contribution in [0.15, 0.2) is 46.1 Å². The molecule has 1 N–H and O–H groups in total. The second-order valence-electron chi connectivity index (χ2n) is 6.96. The number of nitrogens with zero attached hydrogens (tertiary/aromatic N) is 1. The van der Waals surface area contributed by atoms with E-state index in [0.717, 1.165) is 40.2 Å². The Bertz CT molecular complexity index is 1180. The molecule has 0 aliphatic heterocycles. The van der Waals surface area contributed by atoms with Crippen molar-refractivity contribution >= 4 is 31.6 Å². The number of rotatable bonds is 8. The molecule has 0 saturated heterocycles. The first kappa shape index (κ1) is 21.5. The maximum Gasteiger partial charge on any atom is 0.308 e. The Hall–Kier alpha value is -2.16. The molecule has 1 heterocycles. The van der Waals surface area contributed by atoms with Crippen LogP contribution in [0.1, 0.15) is 43.9 Å². The molecule has 0 aliphatic rings. The third kappa shape index (κ3) is 4.39. The lowest BCUT2D eigenvalue weighted by Crippen LogP contribution is -2.28. The van der Waals surface area contributed by atoms with Gasteiger partial charge in [0.2, 0.25) is 10.0 Å². The SMILES string of the molecule is CCCn1c(=O)sc2cc(S(=O)(=O)N[C@@H](CC)c3ccc(OC)c(C)c3)ccc21. The zero-order valence-electron chi connectivity index (χ0n) is 17.1. The van der Waals surface area contributed by atoms with Crippen LogP contribution in [0.3, 0.4) is 0 Å². The zero-order valence-corrected chi connectivity index (χ0v) is 18.7. The number of nitrogens with one attached hydrogen (secondary N) is 1. The predicted molar refractivity (Wildman–Crippen MR) is 117 cm³/mol. The summed E-state index contributed by atoms with van der Waals surface area (Å²) in [4.78, 5) is 12.3. The van der Waals surface area contributed by atoms with Gasteiger partial charge in [0.05, 0.1) is 22.2 Å². The Morgan fingerprint density at radius 2 is 1.93 bits per heavy atom. The third-order valence-electron chi connectivity index (χ3n) is 4.92. The summed E-state index contributed by atoms with van der Waals surface area (Å²) in [5.74, 6) is 0.767. The van der Waals surface area contributed by atoms with Crippen molar-refractivity contribution in [2.45, 2.75) is 51.1 Å². The Morgan fingerprint density at radius 1 is 1.17 bits per heavy atom. The van der Waals surface area contributed by atoms with Crippen LogP contribution in [0.2, 0.25) is 0 Å². The van der Waals surface area contributed by atoms with Crippen LogP contribution in [0.5, 0.6) is 5.75 Å². The quantitative estimate of drug-likeness (QED) is 0.576. The average Bonchev–Trinajstić information content (AvgIpc) is 3.01. The molecule has 2 aromatic carbocycles. The van der Waals surface area contributed by atoms with Gasteiger partial charge in [-0.15, -0.1) is 0 Å². The van der Waals surface area contributed by atoms with Gasteiger partial charge in [-0.2, -0.15) is 0 Å². The molecule has 3 rings (SSSR count). The van der Waals surface area contributed by atoms with E-state index in [1.54, 1.807) is 29.9 Å². The summed E-state index contributed by atoms with van der Waals surface area (Å²) in [7, 11) is -2.13. The van der Waals surface area contributed by atoms with E-state index in [9.17, 15) is 13.2 Å². The van der Waals surface area contributed by atoms with Crippen molar-refractivity contribution < 1.29 is 13.2 Å². The van der Waals surface area contributed by atoms with Gasteiger partial charge in [-0.3, -0.25) is 9.36 Å². The molecule has 0 unspecified atom stereocenters. The summed E-state index contributed by atoms with van der Waals surface area (Å²) in [5.41, 5.74) is 2.61. The minimum Gasteiger partial charge on any atom is -0.496 e. The predicted octanol–water partition coefficient (Wildman–Crippen LogP) is 4.22. The number of fused-ring (bicyclic) bond motifs is 1. The highest BCUT2D eigenvalue weighted by Gasteiger charge is 2.22. The van der Waals surface area contributed by atoms with E-state index >= 15 is 0 Å². The summed E-state index contributed by atoms with van der Waals surface area (Å²) < 4.78 is 36.5. The molecular formula is C21H26N2O4S2. The van der Waals surface area contributed by atoms with Gasteiger partial charge in [-0.1, -0.05) is 37.3 Å². The smallest absolute Gasteiger partial charge is 0.308 e.